The van der Waals surface area contributed by atoms with Gasteiger partial charge in [-0.25, -0.2) is 13.1 Å². The molecule has 0 saturated carbocycles. The van der Waals surface area contributed by atoms with Crippen LogP contribution in [0.5, 0.6) is 0 Å². The van der Waals surface area contributed by atoms with E-state index in [0.717, 1.165) is 11.8 Å². The number of nitro benzene ring substituents is 1. The third kappa shape index (κ3) is 5.48. The summed E-state index contributed by atoms with van der Waals surface area (Å²) in [6.45, 7) is 1.75. The molecule has 1 aromatic heterocycles. The lowest BCUT2D eigenvalue weighted by Crippen LogP contribution is -2.13. The summed E-state index contributed by atoms with van der Waals surface area (Å²) in [5, 5.41) is 20.9. The highest BCUT2D eigenvalue weighted by molar-refractivity contribution is 7.92. The van der Waals surface area contributed by atoms with E-state index >= 15 is 0 Å². The molecule has 184 valence electrons. The Morgan fingerprint density at radius 2 is 1.75 bits per heavy atom. The summed E-state index contributed by atoms with van der Waals surface area (Å²) in [5.74, 6) is 0. The molecule has 0 spiro atoms. The summed E-state index contributed by atoms with van der Waals surface area (Å²) in [7, 11) is -4.09. The van der Waals surface area contributed by atoms with Gasteiger partial charge in [0.1, 0.15) is 10.8 Å². The van der Waals surface area contributed by atoms with E-state index in [2.05, 4.69) is 20.3 Å². The Morgan fingerprint density at radius 3 is 2.42 bits per heavy atom. The lowest BCUT2D eigenvalue weighted by molar-refractivity contribution is -0.384. The fourth-order valence-electron chi connectivity index (χ4n) is 3.22. The summed E-state index contributed by atoms with van der Waals surface area (Å²) in [6, 6.07) is 18.7. The highest BCUT2D eigenvalue weighted by atomic mass is 35.5. The van der Waals surface area contributed by atoms with Gasteiger partial charge < -0.3 is 0 Å². The highest BCUT2D eigenvalue weighted by Crippen LogP contribution is 2.29. The first-order valence-electron chi connectivity index (χ1n) is 10.3. The van der Waals surface area contributed by atoms with Crippen molar-refractivity contribution in [3.8, 4) is 5.69 Å². The second-order valence-electron chi connectivity index (χ2n) is 7.46. The Hall–Kier alpha value is -3.93. The van der Waals surface area contributed by atoms with Gasteiger partial charge in [-0.15, -0.1) is 0 Å². The minimum Gasteiger partial charge on any atom is -0.280 e. The lowest BCUT2D eigenvalue weighted by Gasteiger charge is -2.09. The fraction of sp³-hybridized carbons (Fsp3) is 0.0435. The van der Waals surface area contributed by atoms with Gasteiger partial charge in [-0.1, -0.05) is 41.4 Å². The van der Waals surface area contributed by atoms with Crippen LogP contribution in [0.1, 0.15) is 11.3 Å². The summed E-state index contributed by atoms with van der Waals surface area (Å²) < 4.78 is 29.4. The maximum absolute atomic E-state index is 12.7. The van der Waals surface area contributed by atoms with Crippen molar-refractivity contribution in [2.75, 3.05) is 10.1 Å². The van der Waals surface area contributed by atoms with Gasteiger partial charge in [0.15, 0.2) is 0 Å². The van der Waals surface area contributed by atoms with Crippen LogP contribution >= 0.6 is 23.2 Å². The number of hydrogen-bond acceptors (Lipinski definition) is 7. The fourth-order valence-corrected chi connectivity index (χ4v) is 4.75. The van der Waals surface area contributed by atoms with Gasteiger partial charge in [0.2, 0.25) is 0 Å². The number of nitrogens with zero attached hydrogens (tertiary/aromatic N) is 4. The number of sulfonamides is 1. The van der Waals surface area contributed by atoms with Crippen molar-refractivity contribution in [2.45, 2.75) is 11.8 Å². The molecule has 0 fully saturated rings. The molecule has 2 N–H and O–H groups in total. The SMILES string of the molecule is Cc1nn(-c2ccccc2)c(Cl)c1/C=N\Nc1ccc(S(=O)(=O)Nc2ccc(Cl)cc2)cc1[N+](=O)[O-]. The highest BCUT2D eigenvalue weighted by Gasteiger charge is 2.22. The topological polar surface area (TPSA) is 132 Å². The van der Waals surface area contributed by atoms with Crippen molar-refractivity contribution in [3.05, 3.63) is 104 Å². The maximum Gasteiger partial charge on any atom is 0.295 e. The van der Waals surface area contributed by atoms with Crippen molar-refractivity contribution in [1.29, 1.82) is 0 Å². The van der Waals surface area contributed by atoms with Gasteiger partial charge in [0, 0.05) is 16.8 Å². The van der Waals surface area contributed by atoms with Crippen molar-refractivity contribution in [3.63, 3.8) is 0 Å². The maximum atomic E-state index is 12.7. The number of nitro groups is 1. The first kappa shape index (κ1) is 25.2. The number of nitrogens with one attached hydrogen (secondary N) is 2. The van der Waals surface area contributed by atoms with E-state index in [4.69, 9.17) is 23.2 Å². The van der Waals surface area contributed by atoms with Crippen LogP contribution in [-0.2, 0) is 10.0 Å². The number of hydrazone groups is 1. The summed E-state index contributed by atoms with van der Waals surface area (Å²) in [4.78, 5) is 10.7. The van der Waals surface area contributed by atoms with Gasteiger partial charge in [-0.2, -0.15) is 10.2 Å². The summed E-state index contributed by atoms with van der Waals surface area (Å²) in [6.07, 6.45) is 1.39. The second kappa shape index (κ2) is 10.4. The van der Waals surface area contributed by atoms with Crippen molar-refractivity contribution < 1.29 is 13.3 Å². The smallest absolute Gasteiger partial charge is 0.280 e. The zero-order valence-corrected chi connectivity index (χ0v) is 20.9. The molecule has 10 nitrogen and oxygen atoms in total. The van der Waals surface area contributed by atoms with E-state index in [1.165, 1.54) is 42.6 Å². The van der Waals surface area contributed by atoms with Crippen LogP contribution in [0.25, 0.3) is 5.69 Å². The van der Waals surface area contributed by atoms with Crippen molar-refractivity contribution in [1.82, 2.24) is 9.78 Å². The molecular weight excluding hydrogens is 527 g/mol. The van der Waals surface area contributed by atoms with E-state index in [1.54, 1.807) is 11.6 Å². The predicted octanol–water partition coefficient (Wildman–Crippen LogP) is 5.64. The molecule has 1 heterocycles. The van der Waals surface area contributed by atoms with Crippen molar-refractivity contribution >= 4 is 56.5 Å². The van der Waals surface area contributed by atoms with E-state index in [9.17, 15) is 18.5 Å². The molecule has 36 heavy (non-hydrogen) atoms. The third-order valence-electron chi connectivity index (χ3n) is 5.00. The van der Waals surface area contributed by atoms with Crippen LogP contribution in [0.15, 0.2) is 82.8 Å². The predicted molar refractivity (Wildman–Crippen MR) is 140 cm³/mol. The minimum atomic E-state index is -4.09. The molecule has 0 aliphatic rings. The largest absolute Gasteiger partial charge is 0.295 e. The molecule has 4 rings (SSSR count). The van der Waals surface area contributed by atoms with Crippen LogP contribution in [0, 0.1) is 17.0 Å². The van der Waals surface area contributed by atoms with Crippen molar-refractivity contribution in [2.24, 2.45) is 5.10 Å². The van der Waals surface area contributed by atoms with E-state index < -0.39 is 20.6 Å². The summed E-state index contributed by atoms with van der Waals surface area (Å²) in [5.41, 5.74) is 4.23. The quantitative estimate of drug-likeness (QED) is 0.167. The van der Waals surface area contributed by atoms with Crippen LogP contribution in [0.3, 0.4) is 0 Å². The molecule has 0 saturated heterocycles. The molecule has 3 aromatic carbocycles. The molecule has 4 aromatic rings. The minimum absolute atomic E-state index is 0.00841. The molecule has 0 atom stereocenters. The van der Waals surface area contributed by atoms with Gasteiger partial charge in [0.25, 0.3) is 15.7 Å². The van der Waals surface area contributed by atoms with E-state index in [-0.39, 0.29) is 16.3 Å². The molecule has 13 heteroatoms. The Labute approximate surface area is 216 Å². The Kier molecular flexibility index (Phi) is 7.25. The van der Waals surface area contributed by atoms with Crippen LogP contribution in [-0.4, -0.2) is 29.3 Å². The van der Waals surface area contributed by atoms with Crippen LogP contribution in [0.4, 0.5) is 17.1 Å². The first-order chi connectivity index (χ1) is 17.2. The third-order valence-corrected chi connectivity index (χ3v) is 6.99. The van der Waals surface area contributed by atoms with Gasteiger partial charge in [0.05, 0.1) is 33.0 Å². The van der Waals surface area contributed by atoms with Crippen LogP contribution < -0.4 is 10.1 Å². The second-order valence-corrected chi connectivity index (χ2v) is 9.93. The average Bonchev–Trinajstić information content (AvgIpc) is 3.14. The van der Waals surface area contributed by atoms with Gasteiger partial charge in [-0.3, -0.25) is 20.3 Å². The zero-order chi connectivity index (χ0) is 25.9. The average molecular weight is 545 g/mol. The van der Waals surface area contributed by atoms with E-state index in [1.807, 2.05) is 30.3 Å². The number of aryl methyl sites for hydroxylation is 1. The Bertz CT molecular complexity index is 1560. The molecule has 0 unspecified atom stereocenters. The molecule has 0 radical (unpaired) electrons. The number of anilines is 2. The van der Waals surface area contributed by atoms with Gasteiger partial charge >= 0.3 is 0 Å². The number of benzene rings is 3. The standard InChI is InChI=1S/C23H18Cl2N6O4S/c1-15-20(23(25)30(28-15)18-5-3-2-4-6-18)14-26-27-21-12-11-19(13-22(21)31(32)33)36(34,35)29-17-9-7-16(24)8-10-17/h2-14,27,29H,1H3/b26-14-. The molecule has 0 aliphatic carbocycles. The lowest BCUT2D eigenvalue weighted by atomic mass is 10.3. The van der Waals surface area contributed by atoms with E-state index in [0.29, 0.717) is 21.4 Å². The Balaban J connectivity index is 1.57. The number of halogens is 2. The van der Waals surface area contributed by atoms with Crippen LogP contribution in [0.2, 0.25) is 10.2 Å². The number of aromatic nitrogens is 2. The monoisotopic (exact) mass is 544 g/mol. The van der Waals surface area contributed by atoms with Gasteiger partial charge in [-0.05, 0) is 55.5 Å². The zero-order valence-electron chi connectivity index (χ0n) is 18.6. The molecule has 0 amide bonds. The molecule has 0 bridgehead atoms. The molecule has 0 aliphatic heterocycles. The number of para-hydroxylation sites is 1. The summed E-state index contributed by atoms with van der Waals surface area (Å²) >= 11 is 12.3. The first-order valence-corrected chi connectivity index (χ1v) is 12.6. The normalized spacial score (nSPS) is 11.5. The molecular formula is C23H18Cl2N6O4S. The number of rotatable bonds is 8. The number of hydrogen-bond donors (Lipinski definition) is 2. The Morgan fingerprint density at radius 1 is 1.06 bits per heavy atom.